The summed E-state index contributed by atoms with van der Waals surface area (Å²) in [5.41, 5.74) is 2.43. The lowest BCUT2D eigenvalue weighted by Crippen LogP contribution is -2.39. The van der Waals surface area contributed by atoms with Crippen LogP contribution in [0.15, 0.2) is 24.3 Å². The second kappa shape index (κ2) is 6.18. The summed E-state index contributed by atoms with van der Waals surface area (Å²) in [6.07, 6.45) is 3.86. The highest BCUT2D eigenvalue weighted by Crippen LogP contribution is 2.36. The molecule has 0 saturated heterocycles. The summed E-state index contributed by atoms with van der Waals surface area (Å²) in [6, 6.07) is 9.10. The van der Waals surface area contributed by atoms with Crippen LogP contribution >= 0.6 is 0 Å². The molecular weight excluding hydrogens is 258 g/mol. The molecule has 2 aromatic rings. The van der Waals surface area contributed by atoms with Crippen molar-refractivity contribution >= 4 is 11.0 Å². The van der Waals surface area contributed by atoms with Gasteiger partial charge in [0.25, 0.3) is 0 Å². The highest BCUT2D eigenvalue weighted by molar-refractivity contribution is 5.75. The van der Waals surface area contributed by atoms with Gasteiger partial charge in [0, 0.05) is 19.0 Å². The van der Waals surface area contributed by atoms with Crippen LogP contribution < -0.4 is 5.32 Å². The van der Waals surface area contributed by atoms with Crippen molar-refractivity contribution in [3.05, 3.63) is 30.1 Å². The molecule has 3 nitrogen and oxygen atoms in total. The molecule has 1 fully saturated rings. The van der Waals surface area contributed by atoms with Crippen molar-refractivity contribution in [2.45, 2.75) is 52.6 Å². The predicted octanol–water partition coefficient (Wildman–Crippen LogP) is 3.62. The van der Waals surface area contributed by atoms with E-state index in [0.717, 1.165) is 36.9 Å². The first-order chi connectivity index (χ1) is 10.2. The molecule has 0 radical (unpaired) electrons. The molecule has 1 N–H and O–H groups in total. The van der Waals surface area contributed by atoms with E-state index in [1.807, 2.05) is 0 Å². The van der Waals surface area contributed by atoms with Gasteiger partial charge in [-0.3, -0.25) is 0 Å². The number of hydrogen-bond donors (Lipinski definition) is 1. The molecule has 0 aliphatic heterocycles. The number of para-hydroxylation sites is 2. The van der Waals surface area contributed by atoms with Crippen molar-refractivity contribution in [3.8, 4) is 0 Å². The van der Waals surface area contributed by atoms with Gasteiger partial charge in [-0.1, -0.05) is 26.0 Å². The zero-order valence-corrected chi connectivity index (χ0v) is 13.5. The van der Waals surface area contributed by atoms with Gasteiger partial charge in [-0.05, 0) is 50.3 Å². The first-order valence-corrected chi connectivity index (χ1v) is 8.36. The Morgan fingerprint density at radius 1 is 1.24 bits per heavy atom. The molecule has 1 aliphatic carbocycles. The van der Waals surface area contributed by atoms with Crippen LogP contribution in [0.1, 0.15) is 39.4 Å². The summed E-state index contributed by atoms with van der Waals surface area (Å²) in [5, 5.41) is 3.59. The molecular formula is C18H27N3. The minimum absolute atomic E-state index is 0.589. The second-order valence-corrected chi connectivity index (χ2v) is 6.63. The maximum absolute atomic E-state index is 4.88. The first kappa shape index (κ1) is 14.6. The smallest absolute Gasteiger partial charge is 0.110 e. The number of imidazole rings is 1. The molecule has 1 aromatic carbocycles. The van der Waals surface area contributed by atoms with Gasteiger partial charge < -0.3 is 9.88 Å². The van der Waals surface area contributed by atoms with E-state index < -0.39 is 0 Å². The molecule has 1 heterocycles. The number of hydrogen-bond acceptors (Lipinski definition) is 2. The number of benzene rings is 1. The summed E-state index contributed by atoms with van der Waals surface area (Å²) in [5.74, 6) is 2.91. The van der Waals surface area contributed by atoms with E-state index in [1.165, 1.54) is 24.2 Å². The maximum atomic E-state index is 4.88. The number of rotatable bonds is 6. The van der Waals surface area contributed by atoms with E-state index >= 15 is 0 Å². The van der Waals surface area contributed by atoms with Crippen molar-refractivity contribution in [3.63, 3.8) is 0 Å². The molecule has 2 atom stereocenters. The predicted molar refractivity (Wildman–Crippen MR) is 88.5 cm³/mol. The summed E-state index contributed by atoms with van der Waals surface area (Å²) in [4.78, 5) is 4.88. The van der Waals surface area contributed by atoms with Gasteiger partial charge in [-0.2, -0.15) is 0 Å². The van der Waals surface area contributed by atoms with E-state index in [-0.39, 0.29) is 0 Å². The molecule has 21 heavy (non-hydrogen) atoms. The van der Waals surface area contributed by atoms with E-state index in [1.54, 1.807) is 0 Å². The van der Waals surface area contributed by atoms with Gasteiger partial charge >= 0.3 is 0 Å². The molecule has 0 amide bonds. The van der Waals surface area contributed by atoms with Gasteiger partial charge in [0.2, 0.25) is 0 Å². The van der Waals surface area contributed by atoms with Crippen LogP contribution in [0.2, 0.25) is 0 Å². The number of fused-ring (bicyclic) bond motifs is 1. The largest absolute Gasteiger partial charge is 0.328 e. The Labute approximate surface area is 127 Å². The Kier molecular flexibility index (Phi) is 4.29. The normalized spacial score (nSPS) is 21.9. The molecule has 114 valence electrons. The molecule has 0 spiro atoms. The van der Waals surface area contributed by atoms with Crippen molar-refractivity contribution in [1.29, 1.82) is 0 Å². The third kappa shape index (κ3) is 2.98. The van der Waals surface area contributed by atoms with Crippen LogP contribution in [0.5, 0.6) is 0 Å². The SMILES string of the molecule is CCn1c(CC2CCC2CNC(C)C)nc2ccccc21. The third-order valence-corrected chi connectivity index (χ3v) is 4.86. The van der Waals surface area contributed by atoms with Gasteiger partial charge in [-0.25, -0.2) is 4.98 Å². The highest BCUT2D eigenvalue weighted by atomic mass is 15.1. The van der Waals surface area contributed by atoms with Gasteiger partial charge in [0.15, 0.2) is 0 Å². The zero-order chi connectivity index (χ0) is 14.8. The third-order valence-electron chi connectivity index (χ3n) is 4.86. The number of nitrogens with zero attached hydrogens (tertiary/aromatic N) is 2. The quantitative estimate of drug-likeness (QED) is 0.878. The fourth-order valence-corrected chi connectivity index (χ4v) is 3.43. The molecule has 3 rings (SSSR count). The van der Waals surface area contributed by atoms with E-state index in [2.05, 4.69) is 54.9 Å². The van der Waals surface area contributed by atoms with Crippen molar-refractivity contribution in [2.75, 3.05) is 6.54 Å². The zero-order valence-electron chi connectivity index (χ0n) is 13.5. The van der Waals surface area contributed by atoms with Crippen LogP contribution in [0.25, 0.3) is 11.0 Å². The van der Waals surface area contributed by atoms with Gasteiger partial charge in [-0.15, -0.1) is 0 Å². The van der Waals surface area contributed by atoms with Crippen LogP contribution in [-0.4, -0.2) is 22.1 Å². The average Bonchev–Trinajstić information content (AvgIpc) is 2.80. The Morgan fingerprint density at radius 3 is 2.67 bits per heavy atom. The van der Waals surface area contributed by atoms with Crippen molar-refractivity contribution in [2.24, 2.45) is 11.8 Å². The van der Waals surface area contributed by atoms with Crippen LogP contribution in [-0.2, 0) is 13.0 Å². The average molecular weight is 285 g/mol. The van der Waals surface area contributed by atoms with Crippen LogP contribution in [0, 0.1) is 11.8 Å². The Balaban J connectivity index is 1.73. The molecule has 2 unspecified atom stereocenters. The minimum atomic E-state index is 0.589. The van der Waals surface area contributed by atoms with Crippen molar-refractivity contribution < 1.29 is 0 Å². The Bertz CT molecular complexity index is 600. The molecule has 0 bridgehead atoms. The summed E-state index contributed by atoms with van der Waals surface area (Å²) >= 11 is 0. The minimum Gasteiger partial charge on any atom is -0.328 e. The lowest BCUT2D eigenvalue weighted by atomic mass is 9.71. The standard InChI is InChI=1S/C18H27N3/c1-4-21-17-8-6-5-7-16(17)20-18(21)11-14-9-10-15(14)12-19-13(2)3/h5-8,13-15,19H,4,9-12H2,1-3H3. The number of nitrogens with one attached hydrogen (secondary N) is 1. The van der Waals surface area contributed by atoms with Crippen LogP contribution in [0.4, 0.5) is 0 Å². The maximum Gasteiger partial charge on any atom is 0.110 e. The lowest BCUT2D eigenvalue weighted by Gasteiger charge is -2.37. The molecule has 1 aromatic heterocycles. The van der Waals surface area contributed by atoms with E-state index in [4.69, 9.17) is 4.98 Å². The second-order valence-electron chi connectivity index (χ2n) is 6.63. The Morgan fingerprint density at radius 2 is 2.00 bits per heavy atom. The topological polar surface area (TPSA) is 29.9 Å². The summed E-state index contributed by atoms with van der Waals surface area (Å²) < 4.78 is 2.39. The molecule has 1 aliphatic rings. The molecule has 1 saturated carbocycles. The monoisotopic (exact) mass is 285 g/mol. The summed E-state index contributed by atoms with van der Waals surface area (Å²) in [6.45, 7) is 8.84. The fourth-order valence-electron chi connectivity index (χ4n) is 3.43. The fraction of sp³-hybridized carbons (Fsp3) is 0.611. The van der Waals surface area contributed by atoms with Crippen LogP contribution in [0.3, 0.4) is 0 Å². The lowest BCUT2D eigenvalue weighted by molar-refractivity contribution is 0.164. The number of aryl methyl sites for hydroxylation is 1. The van der Waals surface area contributed by atoms with Gasteiger partial charge in [0.1, 0.15) is 5.82 Å². The summed E-state index contributed by atoms with van der Waals surface area (Å²) in [7, 11) is 0. The molecule has 3 heteroatoms. The highest BCUT2D eigenvalue weighted by Gasteiger charge is 2.31. The van der Waals surface area contributed by atoms with E-state index in [0.29, 0.717) is 6.04 Å². The van der Waals surface area contributed by atoms with Gasteiger partial charge in [0.05, 0.1) is 11.0 Å². The first-order valence-electron chi connectivity index (χ1n) is 8.36. The van der Waals surface area contributed by atoms with E-state index in [9.17, 15) is 0 Å². The Hall–Kier alpha value is -1.35. The number of aromatic nitrogens is 2. The van der Waals surface area contributed by atoms with Crippen molar-refractivity contribution in [1.82, 2.24) is 14.9 Å².